The van der Waals surface area contributed by atoms with Crippen molar-refractivity contribution in [1.29, 1.82) is 0 Å². The first-order valence-corrected chi connectivity index (χ1v) is 6.65. The Balaban J connectivity index is 1.87. The van der Waals surface area contributed by atoms with Crippen LogP contribution >= 0.6 is 0 Å². The van der Waals surface area contributed by atoms with E-state index in [4.69, 9.17) is 0 Å². The van der Waals surface area contributed by atoms with Crippen LogP contribution in [0.2, 0.25) is 0 Å². The highest BCUT2D eigenvalue weighted by Gasteiger charge is 2.31. The standard InChI is InChI=1S/C15H18N2O2/c1-15(19)7-4-8-17(10-15)14(18)13-9-11-5-2-3-6-12(11)16-13/h2-3,5-6,9,16,19H,4,7-8,10H2,1H3. The summed E-state index contributed by atoms with van der Waals surface area (Å²) in [4.78, 5) is 17.3. The van der Waals surface area contributed by atoms with Crippen LogP contribution in [0, 0.1) is 0 Å². The number of piperidine rings is 1. The number of aromatic amines is 1. The van der Waals surface area contributed by atoms with Crippen LogP contribution in [0.5, 0.6) is 0 Å². The maximum absolute atomic E-state index is 12.4. The van der Waals surface area contributed by atoms with Gasteiger partial charge in [-0.1, -0.05) is 18.2 Å². The fraction of sp³-hybridized carbons (Fsp3) is 0.400. The van der Waals surface area contributed by atoms with Gasteiger partial charge in [-0.25, -0.2) is 0 Å². The molecule has 100 valence electrons. The Labute approximate surface area is 112 Å². The van der Waals surface area contributed by atoms with E-state index in [1.807, 2.05) is 30.3 Å². The van der Waals surface area contributed by atoms with Crippen LogP contribution in [-0.2, 0) is 0 Å². The molecule has 1 saturated heterocycles. The number of aromatic nitrogens is 1. The van der Waals surface area contributed by atoms with Crippen LogP contribution in [-0.4, -0.2) is 39.6 Å². The van der Waals surface area contributed by atoms with E-state index in [1.54, 1.807) is 11.8 Å². The molecule has 0 bridgehead atoms. The second-order valence-corrected chi connectivity index (χ2v) is 5.60. The summed E-state index contributed by atoms with van der Waals surface area (Å²) in [6, 6.07) is 9.71. The Bertz CT molecular complexity index is 582. The number of fused-ring (bicyclic) bond motifs is 1. The van der Waals surface area contributed by atoms with E-state index in [9.17, 15) is 9.90 Å². The molecule has 1 unspecified atom stereocenters. The first kappa shape index (κ1) is 12.2. The summed E-state index contributed by atoms with van der Waals surface area (Å²) < 4.78 is 0. The van der Waals surface area contributed by atoms with Gasteiger partial charge in [0.25, 0.3) is 5.91 Å². The maximum Gasteiger partial charge on any atom is 0.270 e. The number of carbonyl (C=O) groups is 1. The molecule has 2 N–H and O–H groups in total. The Morgan fingerprint density at radius 1 is 1.42 bits per heavy atom. The predicted octanol–water partition coefficient (Wildman–Crippen LogP) is 2.15. The average Bonchev–Trinajstić information content (AvgIpc) is 2.80. The molecule has 1 aliphatic rings. The molecule has 0 aliphatic carbocycles. The third kappa shape index (κ3) is 2.36. The number of carbonyl (C=O) groups excluding carboxylic acids is 1. The summed E-state index contributed by atoms with van der Waals surface area (Å²) >= 11 is 0. The predicted molar refractivity (Wildman–Crippen MR) is 74.1 cm³/mol. The molecule has 4 heteroatoms. The molecular formula is C15H18N2O2. The average molecular weight is 258 g/mol. The van der Waals surface area contributed by atoms with Crippen molar-refractivity contribution in [2.24, 2.45) is 0 Å². The van der Waals surface area contributed by atoms with Crippen LogP contribution < -0.4 is 0 Å². The minimum absolute atomic E-state index is 0.0313. The number of hydrogen-bond acceptors (Lipinski definition) is 2. The molecule has 0 spiro atoms. The zero-order valence-electron chi connectivity index (χ0n) is 11.0. The van der Waals surface area contributed by atoms with E-state index in [0.717, 1.165) is 23.7 Å². The molecule has 3 rings (SSSR count). The summed E-state index contributed by atoms with van der Waals surface area (Å²) in [5.41, 5.74) is 0.799. The SMILES string of the molecule is CC1(O)CCCN(C(=O)c2cc3ccccc3[nH]2)C1. The summed E-state index contributed by atoms with van der Waals surface area (Å²) in [5, 5.41) is 11.1. The fourth-order valence-electron chi connectivity index (χ4n) is 2.75. The van der Waals surface area contributed by atoms with Gasteiger partial charge in [0, 0.05) is 24.0 Å². The van der Waals surface area contributed by atoms with Gasteiger partial charge < -0.3 is 15.0 Å². The van der Waals surface area contributed by atoms with Crippen molar-refractivity contribution in [3.05, 3.63) is 36.0 Å². The molecule has 2 heterocycles. The van der Waals surface area contributed by atoms with E-state index in [-0.39, 0.29) is 5.91 Å². The Morgan fingerprint density at radius 3 is 2.95 bits per heavy atom. The number of amides is 1. The molecule has 1 amide bonds. The van der Waals surface area contributed by atoms with Crippen LogP contribution in [0.4, 0.5) is 0 Å². The van der Waals surface area contributed by atoms with Crippen LogP contribution in [0.1, 0.15) is 30.3 Å². The van der Waals surface area contributed by atoms with Gasteiger partial charge in [-0.2, -0.15) is 0 Å². The molecule has 1 aromatic heterocycles. The van der Waals surface area contributed by atoms with Crippen LogP contribution in [0.25, 0.3) is 10.9 Å². The highest BCUT2D eigenvalue weighted by molar-refractivity contribution is 5.98. The molecule has 1 aliphatic heterocycles. The van der Waals surface area contributed by atoms with E-state index >= 15 is 0 Å². The molecular weight excluding hydrogens is 240 g/mol. The monoisotopic (exact) mass is 258 g/mol. The summed E-state index contributed by atoms with van der Waals surface area (Å²) in [7, 11) is 0. The number of benzene rings is 1. The van der Waals surface area contributed by atoms with Gasteiger partial charge in [-0.3, -0.25) is 4.79 Å². The summed E-state index contributed by atoms with van der Waals surface area (Å²) in [6.07, 6.45) is 1.60. The fourth-order valence-corrected chi connectivity index (χ4v) is 2.75. The number of likely N-dealkylation sites (tertiary alicyclic amines) is 1. The minimum Gasteiger partial charge on any atom is -0.388 e. The van der Waals surface area contributed by atoms with Gasteiger partial charge in [0.2, 0.25) is 0 Å². The number of aliphatic hydroxyl groups is 1. The zero-order valence-corrected chi connectivity index (χ0v) is 11.0. The lowest BCUT2D eigenvalue weighted by Crippen LogP contribution is -2.48. The lowest BCUT2D eigenvalue weighted by Gasteiger charge is -2.36. The topological polar surface area (TPSA) is 56.3 Å². The molecule has 4 nitrogen and oxygen atoms in total. The van der Waals surface area contributed by atoms with Crippen molar-refractivity contribution in [2.45, 2.75) is 25.4 Å². The molecule has 19 heavy (non-hydrogen) atoms. The smallest absolute Gasteiger partial charge is 0.270 e. The van der Waals surface area contributed by atoms with Gasteiger partial charge in [-0.05, 0) is 31.9 Å². The molecule has 0 saturated carbocycles. The summed E-state index contributed by atoms with van der Waals surface area (Å²) in [6.45, 7) is 2.91. The molecule has 1 aromatic carbocycles. The molecule has 1 atom stereocenters. The number of nitrogens with zero attached hydrogens (tertiary/aromatic N) is 1. The van der Waals surface area contributed by atoms with E-state index in [1.165, 1.54) is 0 Å². The first-order chi connectivity index (χ1) is 9.05. The van der Waals surface area contributed by atoms with Gasteiger partial charge >= 0.3 is 0 Å². The van der Waals surface area contributed by atoms with Crippen molar-refractivity contribution in [3.8, 4) is 0 Å². The van der Waals surface area contributed by atoms with Gasteiger partial charge in [0.05, 0.1) is 5.60 Å². The van der Waals surface area contributed by atoms with Crippen molar-refractivity contribution in [3.63, 3.8) is 0 Å². The van der Waals surface area contributed by atoms with Crippen molar-refractivity contribution in [1.82, 2.24) is 9.88 Å². The van der Waals surface area contributed by atoms with E-state index in [2.05, 4.69) is 4.98 Å². The lowest BCUT2D eigenvalue weighted by atomic mass is 9.95. The largest absolute Gasteiger partial charge is 0.388 e. The summed E-state index contributed by atoms with van der Waals surface area (Å²) in [5.74, 6) is -0.0313. The number of rotatable bonds is 1. The Hall–Kier alpha value is -1.81. The van der Waals surface area contributed by atoms with Gasteiger partial charge in [-0.15, -0.1) is 0 Å². The van der Waals surface area contributed by atoms with Crippen LogP contribution in [0.15, 0.2) is 30.3 Å². The quantitative estimate of drug-likeness (QED) is 0.823. The molecule has 0 radical (unpaired) electrons. The lowest BCUT2D eigenvalue weighted by molar-refractivity contribution is -0.0109. The van der Waals surface area contributed by atoms with Crippen molar-refractivity contribution < 1.29 is 9.90 Å². The number of β-amino-alcohol motifs (C(OH)–C–C–N with tert-alkyl or cyclic N) is 1. The normalized spacial score (nSPS) is 23.8. The highest BCUT2D eigenvalue weighted by Crippen LogP contribution is 2.23. The molecule has 1 fully saturated rings. The molecule has 2 aromatic rings. The second kappa shape index (κ2) is 4.38. The minimum atomic E-state index is -0.764. The third-order valence-corrected chi connectivity index (χ3v) is 3.72. The van der Waals surface area contributed by atoms with Crippen LogP contribution in [0.3, 0.4) is 0 Å². The Morgan fingerprint density at radius 2 is 2.21 bits per heavy atom. The van der Waals surface area contributed by atoms with Gasteiger partial charge in [0.15, 0.2) is 0 Å². The number of nitrogens with one attached hydrogen (secondary N) is 1. The third-order valence-electron chi connectivity index (χ3n) is 3.72. The zero-order chi connectivity index (χ0) is 13.5. The van der Waals surface area contributed by atoms with Crippen molar-refractivity contribution in [2.75, 3.05) is 13.1 Å². The van der Waals surface area contributed by atoms with Crippen molar-refractivity contribution >= 4 is 16.8 Å². The maximum atomic E-state index is 12.4. The number of hydrogen-bond donors (Lipinski definition) is 2. The number of para-hydroxylation sites is 1. The number of H-pyrrole nitrogens is 1. The van der Waals surface area contributed by atoms with E-state index in [0.29, 0.717) is 18.8 Å². The second-order valence-electron chi connectivity index (χ2n) is 5.60. The van der Waals surface area contributed by atoms with Gasteiger partial charge in [0.1, 0.15) is 5.69 Å². The highest BCUT2D eigenvalue weighted by atomic mass is 16.3. The van der Waals surface area contributed by atoms with E-state index < -0.39 is 5.60 Å². The first-order valence-electron chi connectivity index (χ1n) is 6.65. The Kier molecular flexibility index (Phi) is 2.82.